The molecule has 0 radical (unpaired) electrons. The van der Waals surface area contributed by atoms with Crippen LogP contribution in [-0.2, 0) is 9.22 Å². The third kappa shape index (κ3) is 4.78. The number of nitrogens with one attached hydrogen (secondary N) is 1. The molecule has 39 heavy (non-hydrogen) atoms. The second kappa shape index (κ2) is 10.0. The van der Waals surface area contributed by atoms with E-state index in [1.165, 1.54) is 10.4 Å². The molecule has 4 atom stereocenters. The Bertz CT molecular complexity index is 1480. The minimum atomic E-state index is -2.61. The molecule has 6 rings (SSSR count). The van der Waals surface area contributed by atoms with Crippen LogP contribution in [0.5, 0.6) is 0 Å². The highest BCUT2D eigenvalue weighted by Gasteiger charge is 2.62. The number of pyridine rings is 2. The van der Waals surface area contributed by atoms with Crippen LogP contribution in [0.25, 0.3) is 10.8 Å². The highest BCUT2D eigenvalue weighted by Crippen LogP contribution is 2.59. The monoisotopic (exact) mass is 575 g/mol. The summed E-state index contributed by atoms with van der Waals surface area (Å²) < 4.78 is 7.32. The highest BCUT2D eigenvalue weighted by atomic mass is 35.5. The van der Waals surface area contributed by atoms with E-state index in [9.17, 15) is 4.79 Å². The molecule has 2 aromatic heterocycles. The Morgan fingerprint density at radius 2 is 1.54 bits per heavy atom. The maximum absolute atomic E-state index is 13.2. The first-order valence-corrected chi connectivity index (χ1v) is 16.1. The van der Waals surface area contributed by atoms with Gasteiger partial charge in [0.25, 0.3) is 8.32 Å². The van der Waals surface area contributed by atoms with Gasteiger partial charge in [0.1, 0.15) is 16.1 Å². The molecule has 2 aliphatic carbocycles. The first-order chi connectivity index (χ1) is 18.7. The summed E-state index contributed by atoms with van der Waals surface area (Å²) in [4.78, 5) is 21.6. The fourth-order valence-electron chi connectivity index (χ4n) is 6.57. The van der Waals surface area contributed by atoms with Gasteiger partial charge >= 0.3 is 0 Å². The number of rotatable bonds is 6. The van der Waals surface area contributed by atoms with Gasteiger partial charge in [0, 0.05) is 23.6 Å². The van der Waals surface area contributed by atoms with E-state index >= 15 is 0 Å². The zero-order valence-electron chi connectivity index (χ0n) is 22.2. The van der Waals surface area contributed by atoms with Crippen molar-refractivity contribution in [1.29, 1.82) is 0 Å². The van der Waals surface area contributed by atoms with E-state index < -0.39 is 8.32 Å². The molecule has 5 nitrogen and oxygen atoms in total. The third-order valence-electron chi connectivity index (χ3n) is 8.35. The van der Waals surface area contributed by atoms with E-state index in [2.05, 4.69) is 96.7 Å². The maximum atomic E-state index is 13.2. The number of anilines is 1. The van der Waals surface area contributed by atoms with Gasteiger partial charge in [-0.2, -0.15) is 0 Å². The van der Waals surface area contributed by atoms with Gasteiger partial charge in [-0.05, 0) is 57.6 Å². The predicted octanol–water partition coefficient (Wildman–Crippen LogP) is 6.48. The van der Waals surface area contributed by atoms with Gasteiger partial charge in [-0.25, -0.2) is 9.97 Å². The zero-order valence-corrected chi connectivity index (χ0v) is 24.7. The molecule has 2 aliphatic rings. The number of benzene rings is 2. The van der Waals surface area contributed by atoms with Gasteiger partial charge < -0.3 is 9.74 Å². The normalized spacial score (nSPS) is 22.5. The van der Waals surface area contributed by atoms with Crippen LogP contribution in [0.3, 0.4) is 0 Å². The lowest BCUT2D eigenvalue weighted by atomic mass is 10.1. The lowest BCUT2D eigenvalue weighted by molar-refractivity contribution is -0.118. The SMILES string of the molecule is CC(C)(C)[Si](OC1C[C@@H]2[C@H](C1)[C@@H]2C(=O)Nc1cc2cc(Cl)nc(Cl)c2cn1)(c1ccccc1)c1ccccc1. The molecule has 0 bridgehead atoms. The standard InChI is InChI=1S/C31H31Cl2N3O2Si/c1-31(2,3)39(21-10-6-4-7-11-21,22-12-8-5-9-13-22)38-20-16-23-24(17-20)28(23)30(37)36-27-15-19-14-26(32)35-29(33)25(19)18-34-27/h4-15,18,20,23-24,28H,16-17H2,1-3H3,(H,34,36,37)/t20?,23-,24+,28-. The Hall–Kier alpha value is -2.77. The quantitative estimate of drug-likeness (QED) is 0.211. The van der Waals surface area contributed by atoms with Crippen LogP contribution in [0.4, 0.5) is 5.82 Å². The van der Waals surface area contributed by atoms with Gasteiger partial charge in [0.05, 0.1) is 0 Å². The number of aromatic nitrogens is 2. The molecular formula is C31H31Cl2N3O2Si. The van der Waals surface area contributed by atoms with Crippen molar-refractivity contribution in [2.24, 2.45) is 17.8 Å². The lowest BCUT2D eigenvalue weighted by Gasteiger charge is -2.45. The Labute approximate surface area is 240 Å². The van der Waals surface area contributed by atoms with Crippen molar-refractivity contribution in [2.45, 2.75) is 44.8 Å². The second-order valence-corrected chi connectivity index (χ2v) is 16.7. The molecule has 2 aromatic carbocycles. The first kappa shape index (κ1) is 26.4. The number of nitrogens with zero attached hydrogens (tertiary/aromatic N) is 2. The molecule has 8 heteroatoms. The van der Waals surface area contributed by atoms with Crippen molar-refractivity contribution in [3.05, 3.63) is 89.3 Å². The Kier molecular flexibility index (Phi) is 6.78. The number of fused-ring (bicyclic) bond motifs is 2. The van der Waals surface area contributed by atoms with E-state index in [0.717, 1.165) is 18.2 Å². The number of carbonyl (C=O) groups excluding carboxylic acids is 1. The second-order valence-electron chi connectivity index (χ2n) is 11.7. The summed E-state index contributed by atoms with van der Waals surface area (Å²) in [6, 6.07) is 25.0. The Morgan fingerprint density at radius 1 is 0.949 bits per heavy atom. The van der Waals surface area contributed by atoms with Crippen LogP contribution in [0.1, 0.15) is 33.6 Å². The molecular weight excluding hydrogens is 545 g/mol. The van der Waals surface area contributed by atoms with Crippen molar-refractivity contribution >= 4 is 64.4 Å². The Balaban J connectivity index is 1.19. The maximum Gasteiger partial charge on any atom is 0.261 e. The summed E-state index contributed by atoms with van der Waals surface area (Å²) in [7, 11) is -2.61. The van der Waals surface area contributed by atoms with E-state index in [-0.39, 0.29) is 23.0 Å². The fourth-order valence-corrected chi connectivity index (χ4v) is 11.8. The van der Waals surface area contributed by atoms with Crippen LogP contribution in [0.2, 0.25) is 15.3 Å². The number of halogens is 2. The molecule has 1 N–H and O–H groups in total. The highest BCUT2D eigenvalue weighted by molar-refractivity contribution is 6.99. The van der Waals surface area contributed by atoms with Gasteiger partial charge in [0.15, 0.2) is 0 Å². The smallest absolute Gasteiger partial charge is 0.261 e. The average molecular weight is 577 g/mol. The summed E-state index contributed by atoms with van der Waals surface area (Å²) in [6.45, 7) is 6.91. The first-order valence-electron chi connectivity index (χ1n) is 13.4. The molecule has 0 spiro atoms. The number of hydrogen-bond donors (Lipinski definition) is 1. The molecule has 4 aromatic rings. The molecule has 1 amide bonds. The van der Waals surface area contributed by atoms with Crippen LogP contribution in [0, 0.1) is 17.8 Å². The topological polar surface area (TPSA) is 64.1 Å². The van der Waals surface area contributed by atoms with Crippen LogP contribution < -0.4 is 15.7 Å². The summed E-state index contributed by atoms with van der Waals surface area (Å²) in [5, 5.41) is 7.62. The molecule has 2 fully saturated rings. The molecule has 2 saturated carbocycles. The minimum Gasteiger partial charge on any atom is -0.404 e. The van der Waals surface area contributed by atoms with Crippen molar-refractivity contribution in [1.82, 2.24) is 9.97 Å². The molecule has 0 aliphatic heterocycles. The number of hydrogen-bond acceptors (Lipinski definition) is 4. The summed E-state index contributed by atoms with van der Waals surface area (Å²) >= 11 is 12.2. The summed E-state index contributed by atoms with van der Waals surface area (Å²) in [5.74, 6) is 1.18. The lowest BCUT2D eigenvalue weighted by Crippen LogP contribution is -2.67. The van der Waals surface area contributed by atoms with Crippen molar-refractivity contribution in [2.75, 3.05) is 5.32 Å². The van der Waals surface area contributed by atoms with E-state index in [4.69, 9.17) is 27.6 Å². The zero-order chi connectivity index (χ0) is 27.4. The van der Waals surface area contributed by atoms with Crippen molar-refractivity contribution in [3.63, 3.8) is 0 Å². The number of amides is 1. The average Bonchev–Trinajstić information content (AvgIpc) is 3.42. The summed E-state index contributed by atoms with van der Waals surface area (Å²) in [6.07, 6.45) is 3.55. The van der Waals surface area contributed by atoms with Crippen molar-refractivity contribution < 1.29 is 9.22 Å². The molecule has 1 unspecified atom stereocenters. The molecule has 2 heterocycles. The minimum absolute atomic E-state index is 0.00823. The van der Waals surface area contributed by atoms with Gasteiger partial charge in [-0.3, -0.25) is 4.79 Å². The third-order valence-corrected chi connectivity index (χ3v) is 13.9. The molecule has 0 saturated heterocycles. The van der Waals surface area contributed by atoms with Gasteiger partial charge in [-0.15, -0.1) is 0 Å². The number of carbonyl (C=O) groups is 1. The summed E-state index contributed by atoms with van der Waals surface area (Å²) in [5.41, 5.74) is 0. The van der Waals surface area contributed by atoms with Crippen LogP contribution in [-0.4, -0.2) is 30.3 Å². The van der Waals surface area contributed by atoms with Gasteiger partial charge in [0.2, 0.25) is 5.91 Å². The van der Waals surface area contributed by atoms with E-state index in [0.29, 0.717) is 33.3 Å². The van der Waals surface area contributed by atoms with Crippen molar-refractivity contribution in [3.8, 4) is 0 Å². The largest absolute Gasteiger partial charge is 0.404 e. The van der Waals surface area contributed by atoms with Gasteiger partial charge in [-0.1, -0.05) is 105 Å². The van der Waals surface area contributed by atoms with E-state index in [1.807, 2.05) is 0 Å². The van der Waals surface area contributed by atoms with Crippen LogP contribution in [0.15, 0.2) is 79.0 Å². The van der Waals surface area contributed by atoms with E-state index in [1.54, 1.807) is 18.3 Å². The fraction of sp³-hybridized carbons (Fsp3) is 0.323. The van der Waals surface area contributed by atoms with Crippen LogP contribution >= 0.6 is 23.2 Å². The predicted molar refractivity (Wildman–Crippen MR) is 160 cm³/mol. The molecule has 200 valence electrons. The Morgan fingerprint density at radius 3 is 2.10 bits per heavy atom.